The van der Waals surface area contributed by atoms with Crippen LogP contribution in [0.1, 0.15) is 28.9 Å². The Morgan fingerprint density at radius 1 is 1.29 bits per heavy atom. The maximum Gasteiger partial charge on any atom is 0.255 e. The van der Waals surface area contributed by atoms with Crippen molar-refractivity contribution in [3.63, 3.8) is 0 Å². The van der Waals surface area contributed by atoms with Gasteiger partial charge in [-0.1, -0.05) is 29.8 Å². The molecule has 0 saturated heterocycles. The third kappa shape index (κ3) is 3.39. The molecule has 0 bridgehead atoms. The molecule has 1 atom stereocenters. The minimum Gasteiger partial charge on any atom is -0.335 e. The molecule has 0 aliphatic heterocycles. The van der Waals surface area contributed by atoms with Crippen molar-refractivity contribution in [1.82, 2.24) is 4.90 Å². The number of hydrogen-bond donors (Lipinski definition) is 1. The number of halogens is 2. The summed E-state index contributed by atoms with van der Waals surface area (Å²) >= 11 is 10.3. The largest absolute Gasteiger partial charge is 0.335 e. The zero-order valence-electron chi connectivity index (χ0n) is 11.7. The summed E-state index contributed by atoms with van der Waals surface area (Å²) in [6.45, 7) is 1.77. The lowest BCUT2D eigenvalue weighted by molar-refractivity contribution is 0.0740. The highest BCUT2D eigenvalue weighted by molar-refractivity contribution is 7.80. The van der Waals surface area contributed by atoms with Gasteiger partial charge in [0.2, 0.25) is 0 Å². The van der Waals surface area contributed by atoms with Crippen LogP contribution in [0.25, 0.3) is 0 Å². The Morgan fingerprint density at radius 2 is 1.95 bits per heavy atom. The first-order valence-corrected chi connectivity index (χ1v) is 7.24. The van der Waals surface area contributed by atoms with Crippen molar-refractivity contribution in [2.75, 3.05) is 7.05 Å². The van der Waals surface area contributed by atoms with Crippen LogP contribution in [0.4, 0.5) is 4.39 Å². The highest BCUT2D eigenvalue weighted by atomic mass is 35.5. The lowest BCUT2D eigenvalue weighted by atomic mass is 10.1. The van der Waals surface area contributed by atoms with Crippen LogP contribution < -0.4 is 0 Å². The molecule has 2 rings (SSSR count). The molecule has 0 aliphatic rings. The summed E-state index contributed by atoms with van der Waals surface area (Å²) < 4.78 is 13.8. The second kappa shape index (κ2) is 6.50. The maximum atomic E-state index is 13.8. The van der Waals surface area contributed by atoms with Crippen molar-refractivity contribution in [2.24, 2.45) is 0 Å². The fourth-order valence-corrected chi connectivity index (χ4v) is 2.47. The van der Waals surface area contributed by atoms with Crippen molar-refractivity contribution < 1.29 is 9.18 Å². The van der Waals surface area contributed by atoms with Gasteiger partial charge in [-0.3, -0.25) is 4.79 Å². The first-order valence-electron chi connectivity index (χ1n) is 6.42. The van der Waals surface area contributed by atoms with E-state index in [1.165, 1.54) is 11.0 Å². The van der Waals surface area contributed by atoms with Gasteiger partial charge in [0, 0.05) is 17.5 Å². The Hall–Kier alpha value is -1.52. The fourth-order valence-electron chi connectivity index (χ4n) is 2.07. The van der Waals surface area contributed by atoms with E-state index in [1.807, 2.05) is 0 Å². The van der Waals surface area contributed by atoms with Crippen LogP contribution in [-0.4, -0.2) is 17.9 Å². The van der Waals surface area contributed by atoms with Gasteiger partial charge in [-0.25, -0.2) is 4.39 Å². The van der Waals surface area contributed by atoms with Crippen LogP contribution >= 0.6 is 24.2 Å². The zero-order valence-corrected chi connectivity index (χ0v) is 13.3. The Balaban J connectivity index is 2.31. The molecule has 0 aromatic heterocycles. The van der Waals surface area contributed by atoms with E-state index in [9.17, 15) is 9.18 Å². The van der Waals surface area contributed by atoms with Gasteiger partial charge in [-0.05, 0) is 31.2 Å². The molecule has 0 spiro atoms. The number of amides is 1. The Bertz CT molecular complexity index is 677. The molecule has 1 amide bonds. The first-order chi connectivity index (χ1) is 9.91. The van der Waals surface area contributed by atoms with E-state index < -0.39 is 6.04 Å². The van der Waals surface area contributed by atoms with Gasteiger partial charge in [0.05, 0.1) is 16.6 Å². The summed E-state index contributed by atoms with van der Waals surface area (Å²) in [4.78, 5) is 14.6. The van der Waals surface area contributed by atoms with E-state index in [4.69, 9.17) is 11.6 Å². The van der Waals surface area contributed by atoms with Crippen molar-refractivity contribution >= 4 is 30.1 Å². The summed E-state index contributed by atoms with van der Waals surface area (Å²) in [6, 6.07) is 11.0. The van der Waals surface area contributed by atoms with Gasteiger partial charge < -0.3 is 4.90 Å². The van der Waals surface area contributed by atoms with Crippen LogP contribution in [0.3, 0.4) is 0 Å². The van der Waals surface area contributed by atoms with Crippen molar-refractivity contribution in [2.45, 2.75) is 17.9 Å². The molecule has 2 aromatic rings. The van der Waals surface area contributed by atoms with E-state index >= 15 is 0 Å². The van der Waals surface area contributed by atoms with E-state index in [2.05, 4.69) is 12.6 Å². The standard InChI is InChI=1S/C16H15ClFNOS/c1-10(12-5-3-4-6-15(12)18)19(2)16(20)13-9-11(21)7-8-14(13)17/h3-10,21H,1-2H3. The Morgan fingerprint density at radius 3 is 2.62 bits per heavy atom. The minimum atomic E-state index is -0.404. The summed E-state index contributed by atoms with van der Waals surface area (Å²) in [5.41, 5.74) is 0.821. The van der Waals surface area contributed by atoms with Gasteiger partial charge in [0.15, 0.2) is 0 Å². The number of hydrogen-bond acceptors (Lipinski definition) is 2. The van der Waals surface area contributed by atoms with E-state index in [0.717, 1.165) is 0 Å². The molecule has 0 saturated carbocycles. The highest BCUT2D eigenvalue weighted by Crippen LogP contribution is 2.26. The average Bonchev–Trinajstić information content (AvgIpc) is 2.48. The van der Waals surface area contributed by atoms with Crippen LogP contribution in [0.5, 0.6) is 0 Å². The quantitative estimate of drug-likeness (QED) is 0.818. The second-order valence-electron chi connectivity index (χ2n) is 4.78. The first kappa shape index (κ1) is 15.9. The lowest BCUT2D eigenvalue weighted by Crippen LogP contribution is -2.30. The minimum absolute atomic E-state index is 0.272. The topological polar surface area (TPSA) is 20.3 Å². The molecule has 0 N–H and O–H groups in total. The van der Waals surface area contributed by atoms with Crippen LogP contribution in [0.2, 0.25) is 5.02 Å². The van der Waals surface area contributed by atoms with E-state index in [-0.39, 0.29) is 11.7 Å². The maximum absolute atomic E-state index is 13.8. The molecule has 0 aliphatic carbocycles. The normalized spacial score (nSPS) is 12.0. The SMILES string of the molecule is CC(c1ccccc1F)N(C)C(=O)c1cc(S)ccc1Cl. The van der Waals surface area contributed by atoms with Crippen molar-refractivity contribution in [3.05, 3.63) is 64.4 Å². The predicted molar refractivity (Wildman–Crippen MR) is 85.6 cm³/mol. The number of rotatable bonds is 3. The zero-order chi connectivity index (χ0) is 15.6. The van der Waals surface area contributed by atoms with Gasteiger partial charge in [0.1, 0.15) is 5.82 Å². The molecule has 21 heavy (non-hydrogen) atoms. The summed E-state index contributed by atoms with van der Waals surface area (Å²) in [7, 11) is 1.63. The van der Waals surface area contributed by atoms with Gasteiger partial charge in [-0.15, -0.1) is 12.6 Å². The summed E-state index contributed by atoms with van der Waals surface area (Å²) in [5, 5.41) is 0.352. The molecular formula is C16H15ClFNOS. The highest BCUT2D eigenvalue weighted by Gasteiger charge is 2.22. The van der Waals surface area contributed by atoms with Crippen molar-refractivity contribution in [3.8, 4) is 0 Å². The fraction of sp³-hybridized carbons (Fsp3) is 0.188. The molecule has 1 unspecified atom stereocenters. The van der Waals surface area contributed by atoms with E-state index in [0.29, 0.717) is 21.0 Å². The number of thiol groups is 1. The number of carbonyl (C=O) groups excluding carboxylic acids is 1. The molecular weight excluding hydrogens is 309 g/mol. The molecule has 2 nitrogen and oxygen atoms in total. The monoisotopic (exact) mass is 323 g/mol. The van der Waals surface area contributed by atoms with E-state index in [1.54, 1.807) is 50.4 Å². The Kier molecular flexibility index (Phi) is 4.91. The van der Waals surface area contributed by atoms with Crippen LogP contribution in [0.15, 0.2) is 47.4 Å². The molecule has 2 aromatic carbocycles. The van der Waals surface area contributed by atoms with Gasteiger partial charge in [-0.2, -0.15) is 0 Å². The number of benzene rings is 2. The smallest absolute Gasteiger partial charge is 0.255 e. The number of carbonyl (C=O) groups is 1. The molecule has 0 heterocycles. The summed E-state index contributed by atoms with van der Waals surface area (Å²) in [5.74, 6) is -0.606. The lowest BCUT2D eigenvalue weighted by Gasteiger charge is -2.26. The molecule has 0 fully saturated rings. The average molecular weight is 324 g/mol. The van der Waals surface area contributed by atoms with Crippen LogP contribution in [-0.2, 0) is 0 Å². The Labute approximate surface area is 133 Å². The predicted octanol–water partition coefficient (Wildman–Crippen LogP) is 4.60. The third-order valence-electron chi connectivity index (χ3n) is 3.44. The van der Waals surface area contributed by atoms with Gasteiger partial charge in [0.25, 0.3) is 5.91 Å². The third-order valence-corrected chi connectivity index (χ3v) is 4.04. The second-order valence-corrected chi connectivity index (χ2v) is 5.70. The van der Waals surface area contributed by atoms with Crippen molar-refractivity contribution in [1.29, 1.82) is 0 Å². The van der Waals surface area contributed by atoms with Gasteiger partial charge >= 0.3 is 0 Å². The molecule has 5 heteroatoms. The summed E-state index contributed by atoms with van der Waals surface area (Å²) in [6.07, 6.45) is 0. The van der Waals surface area contributed by atoms with Crippen LogP contribution in [0, 0.1) is 5.82 Å². The number of nitrogens with zero attached hydrogens (tertiary/aromatic N) is 1. The molecule has 0 radical (unpaired) electrons. The molecule has 110 valence electrons.